The first-order valence-electron chi connectivity index (χ1n) is 9.62. The van der Waals surface area contributed by atoms with Gasteiger partial charge in [0.2, 0.25) is 0 Å². The average molecular weight is 424 g/mol. The van der Waals surface area contributed by atoms with Crippen LogP contribution in [-0.2, 0) is 9.53 Å². The fourth-order valence-corrected chi connectivity index (χ4v) is 2.93. The lowest BCUT2D eigenvalue weighted by atomic mass is 10.4. The van der Waals surface area contributed by atoms with Crippen LogP contribution in [0.2, 0.25) is 25.7 Å². The van der Waals surface area contributed by atoms with Crippen LogP contribution < -0.4 is 0 Å². The third-order valence-corrected chi connectivity index (χ3v) is 5.09. The zero-order valence-corrected chi connectivity index (χ0v) is 19.8. The number of carbonyl (C=O) groups is 1. The summed E-state index contributed by atoms with van der Waals surface area (Å²) in [5.74, 6) is 40.0. The topological polar surface area (TPSA) is 29.5 Å². The van der Waals surface area contributed by atoms with Crippen LogP contribution in [-0.4, -0.2) is 45.7 Å². The number of amides is 1. The lowest BCUT2D eigenvalue weighted by Gasteiger charge is -2.16. The van der Waals surface area contributed by atoms with E-state index in [1.165, 1.54) is 10.9 Å². The van der Waals surface area contributed by atoms with Gasteiger partial charge in [-0.15, -0.1) is 0 Å². The Morgan fingerprint density at radius 3 is 1.65 bits per heavy atom. The Bertz CT molecular complexity index is 1110. The molecule has 3 nitrogen and oxygen atoms in total. The normalized spacial score (nSPS) is 7.65. The van der Waals surface area contributed by atoms with E-state index in [2.05, 4.69) is 114 Å². The number of hydrogen-bond acceptors (Lipinski definition) is 2. The van der Waals surface area contributed by atoms with Gasteiger partial charge in [0.15, 0.2) is 0 Å². The first kappa shape index (κ1) is 27.1. The monoisotopic (exact) mass is 423 g/mol. The molecule has 154 valence electrons. The van der Waals surface area contributed by atoms with E-state index in [0.717, 1.165) is 13.0 Å². The van der Waals surface area contributed by atoms with E-state index in [9.17, 15) is 4.79 Å². The van der Waals surface area contributed by atoms with Gasteiger partial charge in [0.1, 0.15) is 0 Å². The lowest BCUT2D eigenvalue weighted by Crippen LogP contribution is -2.29. The Kier molecular flexibility index (Phi) is 15.9. The third-order valence-electron chi connectivity index (χ3n) is 3.24. The summed E-state index contributed by atoms with van der Waals surface area (Å²) >= 11 is 0. The second-order valence-corrected chi connectivity index (χ2v) is 12.7. The number of hydrogen-bond donors (Lipinski definition) is 0. The van der Waals surface area contributed by atoms with Crippen LogP contribution in [0.1, 0.15) is 13.3 Å². The number of carbonyl (C=O) groups excluding carboxylic acids is 1. The van der Waals surface area contributed by atoms with Crippen molar-refractivity contribution in [2.75, 3.05) is 26.8 Å². The van der Waals surface area contributed by atoms with Crippen molar-refractivity contribution in [3.05, 3.63) is 0 Å². The van der Waals surface area contributed by atoms with Crippen molar-refractivity contribution >= 4 is 14.0 Å². The van der Waals surface area contributed by atoms with Gasteiger partial charge in [-0.1, -0.05) is 31.6 Å². The molecule has 0 N–H and O–H groups in total. The predicted octanol–water partition coefficient (Wildman–Crippen LogP) is 2.24. The molecule has 0 aromatic heterocycles. The molecule has 31 heavy (non-hydrogen) atoms. The van der Waals surface area contributed by atoms with E-state index in [1.807, 2.05) is 0 Å². The molecule has 0 radical (unpaired) electrons. The van der Waals surface area contributed by atoms with E-state index in [-0.39, 0.29) is 5.91 Å². The van der Waals surface area contributed by atoms with E-state index in [4.69, 9.17) is 4.74 Å². The van der Waals surface area contributed by atoms with Crippen molar-refractivity contribution in [1.82, 2.24) is 4.90 Å². The van der Waals surface area contributed by atoms with Gasteiger partial charge < -0.3 is 9.64 Å². The van der Waals surface area contributed by atoms with Gasteiger partial charge in [-0.3, -0.25) is 4.79 Å². The quantitative estimate of drug-likeness (QED) is 0.357. The molecular formula is C27H25NO2Si. The summed E-state index contributed by atoms with van der Waals surface area (Å²) in [4.78, 5) is 13.4. The second kappa shape index (κ2) is 18.2. The van der Waals surface area contributed by atoms with Gasteiger partial charge in [0.05, 0.1) is 6.61 Å². The third kappa shape index (κ3) is 20.7. The van der Waals surface area contributed by atoms with Gasteiger partial charge in [-0.05, 0) is 96.2 Å². The molecule has 4 heteroatoms. The zero-order chi connectivity index (χ0) is 23.2. The first-order valence-corrected chi connectivity index (χ1v) is 13.3. The lowest BCUT2D eigenvalue weighted by molar-refractivity contribution is -0.124. The Labute approximate surface area is 189 Å². The SMILES string of the molecule is CC#CC#CC#CC#CC#CC#CC#CC#CC(=O)N(C)CCOCCC[Si](C)(C)C. The van der Waals surface area contributed by atoms with Crippen LogP contribution >= 0.6 is 0 Å². The predicted molar refractivity (Wildman–Crippen MR) is 129 cm³/mol. The molecule has 0 aliphatic carbocycles. The van der Waals surface area contributed by atoms with Gasteiger partial charge in [-0.25, -0.2) is 0 Å². The molecule has 0 saturated heterocycles. The van der Waals surface area contributed by atoms with Gasteiger partial charge in [-0.2, -0.15) is 0 Å². The van der Waals surface area contributed by atoms with Crippen LogP contribution in [0, 0.1) is 94.7 Å². The van der Waals surface area contributed by atoms with Crippen LogP contribution in [0.4, 0.5) is 0 Å². The maximum absolute atomic E-state index is 11.9. The van der Waals surface area contributed by atoms with Crippen molar-refractivity contribution in [2.24, 2.45) is 0 Å². The molecule has 0 aromatic carbocycles. The molecule has 0 heterocycles. The molecule has 0 spiro atoms. The highest BCUT2D eigenvalue weighted by Gasteiger charge is 2.11. The highest BCUT2D eigenvalue weighted by molar-refractivity contribution is 6.76. The number of nitrogens with zero attached hydrogens (tertiary/aromatic N) is 1. The molecule has 0 bridgehead atoms. The second-order valence-electron chi connectivity index (χ2n) is 7.13. The minimum Gasteiger partial charge on any atom is -0.380 e. The summed E-state index contributed by atoms with van der Waals surface area (Å²) in [7, 11) is 0.673. The van der Waals surface area contributed by atoms with E-state index in [1.54, 1.807) is 14.0 Å². The van der Waals surface area contributed by atoms with Crippen molar-refractivity contribution < 1.29 is 9.53 Å². The standard InChI is InChI=1S/C27H25NO2Si/c1-6-7-8-9-10-11-12-13-14-15-16-17-18-19-20-22-27(29)28(2)23-25-30-24-21-26-31(3,4)5/h21,23-26H2,1-5H3. The maximum atomic E-state index is 11.9. The van der Waals surface area contributed by atoms with E-state index in [0.29, 0.717) is 13.2 Å². The minimum absolute atomic E-state index is 0.310. The Hall–Kier alpha value is -3.87. The highest BCUT2D eigenvalue weighted by Crippen LogP contribution is 2.10. The molecule has 0 rings (SSSR count). The molecule has 0 atom stereocenters. The smallest absolute Gasteiger partial charge is 0.299 e. The highest BCUT2D eigenvalue weighted by atomic mass is 28.3. The van der Waals surface area contributed by atoms with E-state index < -0.39 is 8.07 Å². The summed E-state index contributed by atoms with van der Waals surface area (Å²) in [5, 5.41) is 0. The molecular weight excluding hydrogens is 398 g/mol. The van der Waals surface area contributed by atoms with Crippen molar-refractivity contribution in [2.45, 2.75) is 39.0 Å². The number of rotatable bonds is 7. The molecule has 0 saturated carbocycles. The van der Waals surface area contributed by atoms with E-state index >= 15 is 0 Å². The van der Waals surface area contributed by atoms with Crippen molar-refractivity contribution in [3.8, 4) is 94.7 Å². The average Bonchev–Trinajstić information content (AvgIpc) is 2.72. The van der Waals surface area contributed by atoms with Crippen LogP contribution in [0.5, 0.6) is 0 Å². The van der Waals surface area contributed by atoms with Crippen LogP contribution in [0.25, 0.3) is 0 Å². The largest absolute Gasteiger partial charge is 0.380 e. The Morgan fingerprint density at radius 1 is 0.742 bits per heavy atom. The van der Waals surface area contributed by atoms with Crippen molar-refractivity contribution in [1.29, 1.82) is 0 Å². The molecule has 0 unspecified atom stereocenters. The summed E-state index contributed by atoms with van der Waals surface area (Å²) < 4.78 is 5.57. The molecule has 1 amide bonds. The fourth-order valence-electron chi connectivity index (χ4n) is 1.73. The summed E-state index contributed by atoms with van der Waals surface area (Å²) in [6.45, 7) is 10.5. The Morgan fingerprint density at radius 2 is 1.19 bits per heavy atom. The summed E-state index contributed by atoms with van der Waals surface area (Å²) in [6.07, 6.45) is 1.07. The first-order chi connectivity index (χ1) is 14.9. The molecule has 0 aliphatic heterocycles. The zero-order valence-electron chi connectivity index (χ0n) is 18.8. The molecule has 0 fully saturated rings. The Balaban J connectivity index is 4.24. The van der Waals surface area contributed by atoms with Crippen LogP contribution in [0.15, 0.2) is 0 Å². The van der Waals surface area contributed by atoms with Gasteiger partial charge >= 0.3 is 0 Å². The van der Waals surface area contributed by atoms with Gasteiger partial charge in [0.25, 0.3) is 5.91 Å². The van der Waals surface area contributed by atoms with Crippen molar-refractivity contribution in [3.63, 3.8) is 0 Å². The number of ether oxygens (including phenoxy) is 1. The summed E-state index contributed by atoms with van der Waals surface area (Å²) in [6, 6.07) is 1.24. The maximum Gasteiger partial charge on any atom is 0.299 e. The van der Waals surface area contributed by atoms with Gasteiger partial charge in [0, 0.05) is 34.2 Å². The molecule has 0 aromatic rings. The number of likely N-dealkylation sites (N-methyl/N-ethyl adjacent to an activating group) is 1. The summed E-state index contributed by atoms with van der Waals surface area (Å²) in [5.41, 5.74) is 0. The molecule has 0 aliphatic rings. The fraction of sp³-hybridized carbons (Fsp3) is 0.370. The van der Waals surface area contributed by atoms with Crippen LogP contribution in [0.3, 0.4) is 0 Å². The minimum atomic E-state index is -1.01.